The molecule has 1 aromatic heterocycles. The van der Waals surface area contributed by atoms with Crippen LogP contribution in [0.1, 0.15) is 27.2 Å². The lowest BCUT2D eigenvalue weighted by Gasteiger charge is -2.20. The van der Waals surface area contributed by atoms with E-state index in [0.29, 0.717) is 0 Å². The van der Waals surface area contributed by atoms with Crippen molar-refractivity contribution < 1.29 is 4.79 Å². The van der Waals surface area contributed by atoms with Gasteiger partial charge in [0.05, 0.1) is 0 Å². The Hall–Kier alpha value is -1.78. The zero-order valence-electron chi connectivity index (χ0n) is 11.2. The van der Waals surface area contributed by atoms with Crippen LogP contribution in [0.15, 0.2) is 18.3 Å². The third-order valence-electron chi connectivity index (χ3n) is 2.61. The van der Waals surface area contributed by atoms with E-state index in [1.165, 1.54) is 0 Å². The number of pyridine rings is 1. The molecule has 100 valence electrons. The second-order valence-electron chi connectivity index (χ2n) is 4.62. The lowest BCUT2D eigenvalue weighted by atomic mass is 10.0. The van der Waals surface area contributed by atoms with Crippen LogP contribution < -0.4 is 16.4 Å². The number of nitrogens with one attached hydrogen (secondary N) is 2. The molecular weight excluding hydrogens is 228 g/mol. The molecule has 0 aromatic carbocycles. The second kappa shape index (κ2) is 6.83. The highest BCUT2D eigenvalue weighted by Crippen LogP contribution is 2.15. The Bertz CT molecular complexity index is 392. The molecule has 4 N–H and O–H groups in total. The number of nitrogens with two attached hydrogens (primary N) is 1. The number of nitrogens with zero attached hydrogens (tertiary/aromatic N) is 1. The molecular formula is C13H22N4O. The maximum atomic E-state index is 11.3. The zero-order valence-corrected chi connectivity index (χ0v) is 11.2. The highest BCUT2D eigenvalue weighted by Gasteiger charge is 2.18. The van der Waals surface area contributed by atoms with Gasteiger partial charge in [0.25, 0.3) is 0 Å². The number of hydrogen-bond acceptors (Lipinski definition) is 4. The van der Waals surface area contributed by atoms with E-state index >= 15 is 0 Å². The molecule has 18 heavy (non-hydrogen) atoms. The summed E-state index contributed by atoms with van der Waals surface area (Å²) in [5, 5.41) is 6.34. The molecule has 1 atom stereocenters. The molecule has 0 spiro atoms. The van der Waals surface area contributed by atoms with Crippen LogP contribution in [-0.4, -0.2) is 23.5 Å². The van der Waals surface area contributed by atoms with Crippen molar-refractivity contribution in [2.24, 2.45) is 11.7 Å². The van der Waals surface area contributed by atoms with Crippen LogP contribution in [0.25, 0.3) is 0 Å². The molecule has 5 heteroatoms. The summed E-state index contributed by atoms with van der Waals surface area (Å²) in [6, 6.07) is 3.34. The van der Waals surface area contributed by atoms with Crippen molar-refractivity contribution in [1.82, 2.24) is 4.98 Å². The van der Waals surface area contributed by atoms with Crippen LogP contribution in [0.5, 0.6) is 0 Å². The van der Waals surface area contributed by atoms with Crippen LogP contribution in [0.3, 0.4) is 0 Å². The fourth-order valence-corrected chi connectivity index (χ4v) is 1.62. The summed E-state index contributed by atoms with van der Waals surface area (Å²) in [5.74, 6) is 0.599. The smallest absolute Gasteiger partial charge is 0.240 e. The third-order valence-corrected chi connectivity index (χ3v) is 2.61. The quantitative estimate of drug-likeness (QED) is 0.689. The van der Waals surface area contributed by atoms with Gasteiger partial charge >= 0.3 is 0 Å². The normalized spacial score (nSPS) is 12.2. The van der Waals surface area contributed by atoms with Gasteiger partial charge in [-0.3, -0.25) is 4.79 Å². The van der Waals surface area contributed by atoms with Gasteiger partial charge in [0.15, 0.2) is 0 Å². The fourth-order valence-electron chi connectivity index (χ4n) is 1.62. The summed E-state index contributed by atoms with van der Waals surface area (Å²) in [7, 11) is 0. The van der Waals surface area contributed by atoms with Gasteiger partial charge in [0.1, 0.15) is 11.9 Å². The minimum Gasteiger partial charge on any atom is -0.373 e. The zero-order chi connectivity index (χ0) is 13.5. The molecule has 0 saturated carbocycles. The molecule has 0 fully saturated rings. The highest BCUT2D eigenvalue weighted by molar-refractivity contribution is 5.83. The molecule has 0 saturated heterocycles. The van der Waals surface area contributed by atoms with Crippen LogP contribution in [0.4, 0.5) is 11.5 Å². The Morgan fingerprint density at radius 2 is 2.22 bits per heavy atom. The first-order valence-corrected chi connectivity index (χ1v) is 6.30. The van der Waals surface area contributed by atoms with Crippen LogP contribution in [0, 0.1) is 5.92 Å². The summed E-state index contributed by atoms with van der Waals surface area (Å²) in [6.45, 7) is 6.89. The standard InChI is InChI=1S/C13H22N4O/c1-4-6-15-11-8-10(5-7-16-11)17-12(9(2)3)13(14)18/h5,7-9,12H,4,6H2,1-3H3,(H2,14,18)(H2,15,16,17). The summed E-state index contributed by atoms with van der Waals surface area (Å²) >= 11 is 0. The minimum atomic E-state index is -0.369. The summed E-state index contributed by atoms with van der Waals surface area (Å²) in [5.41, 5.74) is 6.22. The first kappa shape index (κ1) is 14.3. The van der Waals surface area contributed by atoms with E-state index in [4.69, 9.17) is 5.73 Å². The summed E-state index contributed by atoms with van der Waals surface area (Å²) < 4.78 is 0. The van der Waals surface area contributed by atoms with Crippen molar-refractivity contribution in [3.05, 3.63) is 18.3 Å². The Morgan fingerprint density at radius 3 is 2.78 bits per heavy atom. The van der Waals surface area contributed by atoms with Gasteiger partial charge in [0, 0.05) is 24.5 Å². The molecule has 5 nitrogen and oxygen atoms in total. The van der Waals surface area contributed by atoms with Crippen molar-refractivity contribution in [3.63, 3.8) is 0 Å². The predicted molar refractivity (Wildman–Crippen MR) is 74.5 cm³/mol. The predicted octanol–water partition coefficient (Wildman–Crippen LogP) is 1.83. The highest BCUT2D eigenvalue weighted by atomic mass is 16.1. The Balaban J connectivity index is 2.74. The molecule has 1 rings (SSSR count). The first-order valence-electron chi connectivity index (χ1n) is 6.30. The van der Waals surface area contributed by atoms with Gasteiger partial charge in [-0.1, -0.05) is 20.8 Å². The number of anilines is 2. The molecule has 1 aromatic rings. The van der Waals surface area contributed by atoms with E-state index < -0.39 is 0 Å². The number of rotatable bonds is 7. The van der Waals surface area contributed by atoms with Gasteiger partial charge < -0.3 is 16.4 Å². The van der Waals surface area contributed by atoms with Crippen molar-refractivity contribution in [1.29, 1.82) is 0 Å². The van der Waals surface area contributed by atoms with E-state index in [1.807, 2.05) is 26.0 Å². The summed E-state index contributed by atoms with van der Waals surface area (Å²) in [6.07, 6.45) is 2.74. The van der Waals surface area contributed by atoms with Crippen LogP contribution in [0.2, 0.25) is 0 Å². The SMILES string of the molecule is CCCNc1cc(NC(C(N)=O)C(C)C)ccn1. The van der Waals surface area contributed by atoms with Gasteiger partial charge in [-0.2, -0.15) is 0 Å². The van der Waals surface area contributed by atoms with Crippen molar-refractivity contribution in [2.75, 3.05) is 17.2 Å². The lowest BCUT2D eigenvalue weighted by Crippen LogP contribution is -2.39. The van der Waals surface area contributed by atoms with E-state index in [2.05, 4.69) is 22.5 Å². The third kappa shape index (κ3) is 4.24. The number of carbonyl (C=O) groups is 1. The van der Waals surface area contributed by atoms with Gasteiger partial charge in [0.2, 0.25) is 5.91 Å². The van der Waals surface area contributed by atoms with Crippen molar-refractivity contribution in [2.45, 2.75) is 33.2 Å². The van der Waals surface area contributed by atoms with Crippen molar-refractivity contribution >= 4 is 17.4 Å². The number of aromatic nitrogens is 1. The van der Waals surface area contributed by atoms with Crippen LogP contribution >= 0.6 is 0 Å². The Morgan fingerprint density at radius 1 is 1.50 bits per heavy atom. The molecule has 1 unspecified atom stereocenters. The molecule has 0 aliphatic heterocycles. The maximum Gasteiger partial charge on any atom is 0.240 e. The van der Waals surface area contributed by atoms with Gasteiger partial charge in [-0.25, -0.2) is 4.98 Å². The number of primary amides is 1. The molecule has 1 heterocycles. The van der Waals surface area contributed by atoms with E-state index in [1.54, 1.807) is 6.20 Å². The van der Waals surface area contributed by atoms with Gasteiger partial charge in [-0.15, -0.1) is 0 Å². The Labute approximate surface area is 108 Å². The number of carbonyl (C=O) groups excluding carboxylic acids is 1. The maximum absolute atomic E-state index is 11.3. The average Bonchev–Trinajstić information content (AvgIpc) is 2.33. The van der Waals surface area contributed by atoms with E-state index in [-0.39, 0.29) is 17.9 Å². The topological polar surface area (TPSA) is 80.0 Å². The molecule has 0 aliphatic carbocycles. The fraction of sp³-hybridized carbons (Fsp3) is 0.538. The first-order chi connectivity index (χ1) is 8.54. The lowest BCUT2D eigenvalue weighted by molar-refractivity contribution is -0.119. The summed E-state index contributed by atoms with van der Waals surface area (Å²) in [4.78, 5) is 15.5. The monoisotopic (exact) mass is 250 g/mol. The largest absolute Gasteiger partial charge is 0.373 e. The number of hydrogen-bond donors (Lipinski definition) is 3. The Kier molecular flexibility index (Phi) is 5.42. The molecule has 0 radical (unpaired) electrons. The average molecular weight is 250 g/mol. The molecule has 0 bridgehead atoms. The van der Waals surface area contributed by atoms with Crippen molar-refractivity contribution in [3.8, 4) is 0 Å². The molecule has 0 aliphatic rings. The van der Waals surface area contributed by atoms with Gasteiger partial charge in [-0.05, 0) is 18.4 Å². The van der Waals surface area contributed by atoms with E-state index in [9.17, 15) is 4.79 Å². The second-order valence-corrected chi connectivity index (χ2v) is 4.62. The molecule has 1 amide bonds. The minimum absolute atomic E-state index is 0.141. The van der Waals surface area contributed by atoms with Crippen LogP contribution in [-0.2, 0) is 4.79 Å². The number of amides is 1. The van der Waals surface area contributed by atoms with E-state index in [0.717, 1.165) is 24.5 Å².